The molecule has 0 aliphatic carbocycles. The third-order valence-corrected chi connectivity index (χ3v) is 1.71. The van der Waals surface area contributed by atoms with Crippen LogP contribution in [0, 0.1) is 5.82 Å². The summed E-state index contributed by atoms with van der Waals surface area (Å²) in [5.74, 6) is -0.174. The predicted molar refractivity (Wildman–Crippen MR) is 45.3 cm³/mol. The van der Waals surface area contributed by atoms with E-state index in [0.29, 0.717) is 5.69 Å². The Morgan fingerprint density at radius 2 is 2.18 bits per heavy atom. The van der Waals surface area contributed by atoms with E-state index < -0.39 is 0 Å². The van der Waals surface area contributed by atoms with Crippen LogP contribution in [0.5, 0.6) is 0 Å². The molecule has 0 saturated heterocycles. The molecule has 0 aliphatic rings. The number of rotatable bonds is 2. The summed E-state index contributed by atoms with van der Waals surface area (Å²) in [5.41, 5.74) is 1.59. The van der Waals surface area contributed by atoms with Gasteiger partial charge in [0.25, 0.3) is 0 Å². The van der Waals surface area contributed by atoms with Crippen LogP contribution in [0.4, 0.5) is 10.1 Å². The Labute approximate surface area is 66.2 Å². The number of halogens is 1. The first-order chi connectivity index (χ1) is 5.27. The van der Waals surface area contributed by atoms with E-state index in [2.05, 4.69) is 5.32 Å². The number of hydrogen-bond acceptors (Lipinski definition) is 1. The number of benzene rings is 1. The maximum absolute atomic E-state index is 13.0. The highest BCUT2D eigenvalue weighted by Gasteiger charge is 1.98. The Kier molecular flexibility index (Phi) is 2.47. The third-order valence-electron chi connectivity index (χ3n) is 1.71. The second-order valence-electron chi connectivity index (χ2n) is 2.42. The fourth-order valence-electron chi connectivity index (χ4n) is 0.981. The van der Waals surface area contributed by atoms with Gasteiger partial charge in [0, 0.05) is 7.05 Å². The van der Waals surface area contributed by atoms with Gasteiger partial charge < -0.3 is 5.32 Å². The smallest absolute Gasteiger partial charge is 0.146 e. The molecule has 0 aromatic heterocycles. The van der Waals surface area contributed by atoms with Crippen molar-refractivity contribution in [3.63, 3.8) is 0 Å². The van der Waals surface area contributed by atoms with Crippen molar-refractivity contribution in [2.24, 2.45) is 0 Å². The largest absolute Gasteiger partial charge is 0.386 e. The average Bonchev–Trinajstić information content (AvgIpc) is 2.04. The molecule has 0 saturated carbocycles. The lowest BCUT2D eigenvalue weighted by molar-refractivity contribution is 0.629. The number of aryl methyl sites for hydroxylation is 1. The summed E-state index contributed by atoms with van der Waals surface area (Å²) in [5, 5.41) is 2.77. The second-order valence-corrected chi connectivity index (χ2v) is 2.42. The normalized spacial score (nSPS) is 9.73. The van der Waals surface area contributed by atoms with E-state index in [9.17, 15) is 4.39 Å². The van der Waals surface area contributed by atoms with E-state index in [-0.39, 0.29) is 5.82 Å². The summed E-state index contributed by atoms with van der Waals surface area (Å²) in [4.78, 5) is 0. The maximum Gasteiger partial charge on any atom is 0.146 e. The molecule has 0 atom stereocenters. The first-order valence-electron chi connectivity index (χ1n) is 3.74. The van der Waals surface area contributed by atoms with E-state index in [1.807, 2.05) is 13.0 Å². The quantitative estimate of drug-likeness (QED) is 0.688. The van der Waals surface area contributed by atoms with E-state index in [0.717, 1.165) is 12.0 Å². The monoisotopic (exact) mass is 153 g/mol. The zero-order chi connectivity index (χ0) is 8.27. The molecule has 0 aliphatic heterocycles. The zero-order valence-electron chi connectivity index (χ0n) is 6.82. The van der Waals surface area contributed by atoms with Crippen LogP contribution in [-0.4, -0.2) is 7.05 Å². The molecular weight excluding hydrogens is 141 g/mol. The topological polar surface area (TPSA) is 12.0 Å². The molecule has 1 nitrogen and oxygen atoms in total. The molecule has 1 aromatic rings. The van der Waals surface area contributed by atoms with Gasteiger partial charge >= 0.3 is 0 Å². The SMILES string of the molecule is CCc1ccc(NC)c(F)c1. The van der Waals surface area contributed by atoms with Gasteiger partial charge in [-0.3, -0.25) is 0 Å². The van der Waals surface area contributed by atoms with Crippen molar-refractivity contribution in [3.8, 4) is 0 Å². The Morgan fingerprint density at radius 1 is 1.45 bits per heavy atom. The molecule has 11 heavy (non-hydrogen) atoms. The zero-order valence-corrected chi connectivity index (χ0v) is 6.82. The van der Waals surface area contributed by atoms with E-state index in [1.54, 1.807) is 19.2 Å². The fraction of sp³-hybridized carbons (Fsp3) is 0.333. The van der Waals surface area contributed by atoms with Crippen LogP contribution in [0.2, 0.25) is 0 Å². The summed E-state index contributed by atoms with van der Waals surface area (Å²) in [6, 6.07) is 5.24. The van der Waals surface area contributed by atoms with Crippen molar-refractivity contribution in [1.29, 1.82) is 0 Å². The minimum Gasteiger partial charge on any atom is -0.386 e. The summed E-state index contributed by atoms with van der Waals surface area (Å²) < 4.78 is 13.0. The lowest BCUT2D eigenvalue weighted by Crippen LogP contribution is -1.93. The fourth-order valence-corrected chi connectivity index (χ4v) is 0.981. The minimum absolute atomic E-state index is 0.174. The first kappa shape index (κ1) is 8.05. The Morgan fingerprint density at radius 3 is 2.64 bits per heavy atom. The summed E-state index contributed by atoms with van der Waals surface area (Å²) in [6.07, 6.45) is 0.876. The van der Waals surface area contributed by atoms with Crippen LogP contribution in [0.15, 0.2) is 18.2 Å². The lowest BCUT2D eigenvalue weighted by Gasteiger charge is -2.02. The average molecular weight is 153 g/mol. The van der Waals surface area contributed by atoms with Crippen molar-refractivity contribution in [3.05, 3.63) is 29.6 Å². The highest BCUT2D eigenvalue weighted by molar-refractivity contribution is 5.45. The van der Waals surface area contributed by atoms with Gasteiger partial charge in [-0.25, -0.2) is 4.39 Å². The van der Waals surface area contributed by atoms with Gasteiger partial charge in [-0.2, -0.15) is 0 Å². The summed E-state index contributed by atoms with van der Waals surface area (Å²) >= 11 is 0. The molecule has 60 valence electrons. The van der Waals surface area contributed by atoms with Gasteiger partial charge in [-0.15, -0.1) is 0 Å². The van der Waals surface area contributed by atoms with Gasteiger partial charge in [-0.05, 0) is 24.1 Å². The first-order valence-corrected chi connectivity index (χ1v) is 3.74. The molecule has 0 fully saturated rings. The standard InChI is InChI=1S/C9H12FN/c1-3-7-4-5-9(11-2)8(10)6-7/h4-6,11H,3H2,1-2H3. The Bertz CT molecular complexity index is 245. The van der Waals surface area contributed by atoms with Crippen LogP contribution in [-0.2, 0) is 6.42 Å². The van der Waals surface area contributed by atoms with Crippen LogP contribution in [0.25, 0.3) is 0 Å². The van der Waals surface area contributed by atoms with E-state index in [4.69, 9.17) is 0 Å². The van der Waals surface area contributed by atoms with E-state index in [1.165, 1.54) is 0 Å². The Hall–Kier alpha value is -1.05. The minimum atomic E-state index is -0.174. The van der Waals surface area contributed by atoms with Crippen molar-refractivity contribution in [2.45, 2.75) is 13.3 Å². The van der Waals surface area contributed by atoms with Crippen LogP contribution in [0.3, 0.4) is 0 Å². The molecule has 0 radical (unpaired) electrons. The number of anilines is 1. The molecule has 0 unspecified atom stereocenters. The van der Waals surface area contributed by atoms with Gasteiger partial charge in [0.05, 0.1) is 5.69 Å². The van der Waals surface area contributed by atoms with Gasteiger partial charge in [0.2, 0.25) is 0 Å². The summed E-state index contributed by atoms with van der Waals surface area (Å²) in [6.45, 7) is 2.01. The van der Waals surface area contributed by atoms with Gasteiger partial charge in [-0.1, -0.05) is 13.0 Å². The number of nitrogens with one attached hydrogen (secondary N) is 1. The maximum atomic E-state index is 13.0. The second kappa shape index (κ2) is 3.37. The van der Waals surface area contributed by atoms with Gasteiger partial charge in [0.15, 0.2) is 0 Å². The molecule has 2 heteroatoms. The third kappa shape index (κ3) is 1.70. The molecule has 1 N–H and O–H groups in total. The van der Waals surface area contributed by atoms with Crippen molar-refractivity contribution in [2.75, 3.05) is 12.4 Å². The van der Waals surface area contributed by atoms with Crippen LogP contribution >= 0.6 is 0 Å². The molecule has 0 bridgehead atoms. The highest BCUT2D eigenvalue weighted by Crippen LogP contribution is 2.14. The van der Waals surface area contributed by atoms with Gasteiger partial charge in [0.1, 0.15) is 5.82 Å². The van der Waals surface area contributed by atoms with Crippen molar-refractivity contribution < 1.29 is 4.39 Å². The molecule has 0 amide bonds. The Balaban J connectivity index is 2.99. The predicted octanol–water partition coefficient (Wildman–Crippen LogP) is 2.43. The molecule has 1 rings (SSSR count). The van der Waals surface area contributed by atoms with Crippen LogP contribution < -0.4 is 5.32 Å². The lowest BCUT2D eigenvalue weighted by atomic mass is 10.1. The van der Waals surface area contributed by atoms with Crippen molar-refractivity contribution >= 4 is 5.69 Å². The molecular formula is C9H12FN. The molecule has 0 spiro atoms. The highest BCUT2D eigenvalue weighted by atomic mass is 19.1. The van der Waals surface area contributed by atoms with Crippen molar-refractivity contribution in [1.82, 2.24) is 0 Å². The van der Waals surface area contributed by atoms with E-state index >= 15 is 0 Å². The molecule has 0 heterocycles. The molecule has 1 aromatic carbocycles. The number of hydrogen-bond donors (Lipinski definition) is 1. The van der Waals surface area contributed by atoms with Crippen LogP contribution in [0.1, 0.15) is 12.5 Å². The summed E-state index contributed by atoms with van der Waals surface area (Å²) in [7, 11) is 1.71.